The molecule has 3 heterocycles. The third-order valence-electron chi connectivity index (χ3n) is 4.41. The Morgan fingerprint density at radius 2 is 1.21 bits per heavy atom. The summed E-state index contributed by atoms with van der Waals surface area (Å²) in [4.78, 5) is 54.7. The van der Waals surface area contributed by atoms with Gasteiger partial charge < -0.3 is 19.8 Å². The van der Waals surface area contributed by atoms with Crippen LogP contribution in [-0.4, -0.2) is 39.9 Å². The van der Waals surface area contributed by atoms with Crippen LogP contribution in [0.2, 0.25) is 0 Å². The van der Waals surface area contributed by atoms with Crippen molar-refractivity contribution in [1.29, 1.82) is 0 Å². The quantitative estimate of drug-likeness (QED) is 0.440. The average molecular weight is 525 g/mol. The van der Waals surface area contributed by atoms with Crippen LogP contribution in [0.4, 0.5) is 11.4 Å². The van der Waals surface area contributed by atoms with E-state index in [1.165, 1.54) is 0 Å². The molecule has 2 aliphatic rings. The molecule has 1 radical (unpaired) electrons. The standard InChI is InChI=1S/2C10H7NO3.C3H3NS.Cu/c2*12-8-5-6-3-1-2-4-7(6)11-9(8)10(13)14;1-2-5-3-4-1;/h2*1-4H,5H2,(H,13,14);1-3H;/q;;;+2/p-2. The van der Waals surface area contributed by atoms with Crippen LogP contribution in [-0.2, 0) is 49.1 Å². The van der Waals surface area contributed by atoms with E-state index in [4.69, 9.17) is 0 Å². The van der Waals surface area contributed by atoms with Gasteiger partial charge in [-0.2, -0.15) is 0 Å². The number of rotatable bonds is 2. The number of carbonyl (C=O) groups is 4. The van der Waals surface area contributed by atoms with Crippen LogP contribution in [0.3, 0.4) is 0 Å². The van der Waals surface area contributed by atoms with Crippen molar-refractivity contribution in [1.82, 2.24) is 4.98 Å². The summed E-state index contributed by atoms with van der Waals surface area (Å²) in [5, 5.41) is 23.0. The molecule has 1 aromatic heterocycles. The Labute approximate surface area is 208 Å². The zero-order chi connectivity index (χ0) is 23.8. The number of carbonyl (C=O) groups excluding carboxylic acids is 4. The molecule has 175 valence electrons. The van der Waals surface area contributed by atoms with E-state index in [1.54, 1.807) is 71.6 Å². The van der Waals surface area contributed by atoms with Crippen LogP contribution >= 0.6 is 11.3 Å². The normalized spacial score (nSPS) is 13.2. The predicted molar refractivity (Wildman–Crippen MR) is 117 cm³/mol. The molecule has 34 heavy (non-hydrogen) atoms. The number of carboxylic acid groups (broad SMARTS) is 2. The molecule has 0 saturated carbocycles. The van der Waals surface area contributed by atoms with Gasteiger partial charge in [-0.05, 0) is 23.3 Å². The van der Waals surface area contributed by atoms with E-state index in [0.717, 1.165) is 11.1 Å². The fourth-order valence-corrected chi connectivity index (χ4v) is 3.26. The summed E-state index contributed by atoms with van der Waals surface area (Å²) in [7, 11) is 0. The number of aromatic nitrogens is 1. The molecular formula is C23H15CuN3O6S. The van der Waals surface area contributed by atoms with Crippen LogP contribution in [0.15, 0.2) is 75.6 Å². The van der Waals surface area contributed by atoms with Gasteiger partial charge in [0.15, 0.2) is 11.6 Å². The van der Waals surface area contributed by atoms with E-state index in [-0.39, 0.29) is 29.9 Å². The maximum Gasteiger partial charge on any atom is 2.00 e. The third-order valence-corrected chi connectivity index (χ3v) is 4.93. The molecule has 0 fully saturated rings. The fraction of sp³-hybridized carbons (Fsp3) is 0.0870. The minimum absolute atomic E-state index is 0. The first-order valence-corrected chi connectivity index (χ1v) is 10.5. The molecule has 9 nitrogen and oxygen atoms in total. The van der Waals surface area contributed by atoms with Gasteiger partial charge in [-0.3, -0.25) is 14.6 Å². The largest absolute Gasteiger partial charge is 2.00 e. The molecule has 0 amide bonds. The molecule has 0 bridgehead atoms. The molecule has 0 unspecified atom stereocenters. The summed E-state index contributed by atoms with van der Waals surface area (Å²) in [6.45, 7) is 0. The molecular weight excluding hydrogens is 510 g/mol. The van der Waals surface area contributed by atoms with Gasteiger partial charge in [0.05, 0.1) is 28.8 Å². The van der Waals surface area contributed by atoms with Crippen LogP contribution in [0.1, 0.15) is 11.1 Å². The summed E-state index contributed by atoms with van der Waals surface area (Å²) in [6.07, 6.45) is 1.94. The van der Waals surface area contributed by atoms with Crippen molar-refractivity contribution in [2.75, 3.05) is 0 Å². The number of Topliss-reactive ketones (excluding diaryl/α,β-unsaturated/α-hetero) is 2. The van der Waals surface area contributed by atoms with Crippen molar-refractivity contribution in [2.45, 2.75) is 12.8 Å². The van der Waals surface area contributed by atoms with Gasteiger partial charge in [0.1, 0.15) is 11.4 Å². The Morgan fingerprint density at radius 1 is 0.765 bits per heavy atom. The maximum atomic E-state index is 11.2. The van der Waals surface area contributed by atoms with Gasteiger partial charge in [-0.1, -0.05) is 36.4 Å². The second-order valence-corrected chi connectivity index (χ2v) is 7.38. The second-order valence-electron chi connectivity index (χ2n) is 6.63. The molecule has 0 spiro atoms. The number of fused-ring (bicyclic) bond motifs is 2. The van der Waals surface area contributed by atoms with Crippen molar-refractivity contribution in [3.05, 3.63) is 76.7 Å². The number of aliphatic imine (C=N–C) groups is 2. The minimum Gasteiger partial charge on any atom is -0.543 e. The van der Waals surface area contributed by atoms with Crippen molar-refractivity contribution >= 4 is 57.6 Å². The number of nitrogens with zero attached hydrogens (tertiary/aromatic N) is 3. The number of carboxylic acids is 2. The van der Waals surface area contributed by atoms with Gasteiger partial charge in [-0.25, -0.2) is 9.98 Å². The molecule has 11 heteroatoms. The maximum absolute atomic E-state index is 11.2. The van der Waals surface area contributed by atoms with E-state index in [2.05, 4.69) is 15.0 Å². The molecule has 0 saturated heterocycles. The molecule has 0 atom stereocenters. The van der Waals surface area contributed by atoms with E-state index in [9.17, 15) is 29.4 Å². The van der Waals surface area contributed by atoms with Crippen LogP contribution in [0.5, 0.6) is 0 Å². The summed E-state index contributed by atoms with van der Waals surface area (Å²) < 4.78 is 0. The smallest absolute Gasteiger partial charge is 0.543 e. The van der Waals surface area contributed by atoms with Gasteiger partial charge in [0.25, 0.3) is 0 Å². The minimum atomic E-state index is -1.51. The molecule has 0 aliphatic carbocycles. The van der Waals surface area contributed by atoms with E-state index in [0.29, 0.717) is 11.4 Å². The first-order chi connectivity index (χ1) is 15.9. The van der Waals surface area contributed by atoms with Gasteiger partial charge in [0.2, 0.25) is 0 Å². The predicted octanol–water partition coefficient (Wildman–Crippen LogP) is 0.409. The SMILES string of the molecule is O=C([O-])C1=Nc2ccccc2CC1=O.O=C([O-])C1=Nc2ccccc2CC1=O.[Cu+2].c1cscn1. The monoisotopic (exact) mass is 524 g/mol. The first kappa shape index (κ1) is 26.5. The Kier molecular flexibility index (Phi) is 9.69. The van der Waals surface area contributed by atoms with Crippen LogP contribution < -0.4 is 10.2 Å². The third kappa shape index (κ3) is 6.85. The number of ketones is 2. The number of aliphatic carboxylic acids is 2. The number of benzene rings is 2. The molecule has 2 aliphatic heterocycles. The zero-order valence-electron chi connectivity index (χ0n) is 17.3. The molecule has 2 aromatic carbocycles. The first-order valence-electron chi connectivity index (χ1n) is 9.51. The Balaban J connectivity index is 0.000000195. The second kappa shape index (κ2) is 12.4. The zero-order valence-corrected chi connectivity index (χ0v) is 19.0. The van der Waals surface area contributed by atoms with Gasteiger partial charge in [0, 0.05) is 24.4 Å². The number of thiazole rings is 1. The van der Waals surface area contributed by atoms with Crippen LogP contribution in [0, 0.1) is 0 Å². The number of hydrogen-bond donors (Lipinski definition) is 0. The van der Waals surface area contributed by atoms with E-state index < -0.39 is 34.9 Å². The van der Waals surface area contributed by atoms with Crippen molar-refractivity contribution < 1.29 is 46.5 Å². The molecule has 0 N–H and O–H groups in total. The summed E-state index contributed by atoms with van der Waals surface area (Å²) in [5.74, 6) is -4.01. The summed E-state index contributed by atoms with van der Waals surface area (Å²) >= 11 is 1.60. The Hall–Kier alpha value is -3.79. The fourth-order valence-electron chi connectivity index (χ4n) is 2.91. The Bertz CT molecular complexity index is 1170. The van der Waals surface area contributed by atoms with E-state index >= 15 is 0 Å². The topological polar surface area (TPSA) is 152 Å². The van der Waals surface area contributed by atoms with Gasteiger partial charge in [-0.15, -0.1) is 11.3 Å². The van der Waals surface area contributed by atoms with Crippen molar-refractivity contribution in [2.24, 2.45) is 9.98 Å². The van der Waals surface area contributed by atoms with Gasteiger partial charge >= 0.3 is 17.1 Å². The Morgan fingerprint density at radius 3 is 1.53 bits per heavy atom. The van der Waals surface area contributed by atoms with Crippen molar-refractivity contribution in [3.63, 3.8) is 0 Å². The average Bonchev–Trinajstić information content (AvgIpc) is 3.38. The van der Waals surface area contributed by atoms with Crippen molar-refractivity contribution in [3.8, 4) is 0 Å². The summed E-state index contributed by atoms with van der Waals surface area (Å²) in [6, 6.07) is 13.9. The van der Waals surface area contributed by atoms with E-state index in [1.807, 2.05) is 5.38 Å². The molecule has 5 rings (SSSR count). The number of hydrogen-bond acceptors (Lipinski definition) is 10. The van der Waals surface area contributed by atoms with Crippen LogP contribution in [0.25, 0.3) is 0 Å². The number of para-hydroxylation sites is 2. The summed E-state index contributed by atoms with van der Waals surface area (Å²) in [5.41, 5.74) is 3.40. The molecule has 3 aromatic rings.